The molecule has 10 aromatic rings. The molecule has 0 saturated carbocycles. The Hall–Kier alpha value is -7.47. The third-order valence-electron chi connectivity index (χ3n) is 12.0. The van der Waals surface area contributed by atoms with Crippen LogP contribution in [0.1, 0.15) is 42.9 Å². The third-order valence-corrected chi connectivity index (χ3v) is 13.0. The van der Waals surface area contributed by atoms with Crippen molar-refractivity contribution in [1.82, 2.24) is 14.1 Å². The van der Waals surface area contributed by atoms with Gasteiger partial charge in [0, 0.05) is 5.69 Å². The zero-order valence-electron chi connectivity index (χ0n) is 44.8. The van der Waals surface area contributed by atoms with Crippen molar-refractivity contribution in [3.05, 3.63) is 233 Å². The average Bonchev–Trinajstić information content (AvgIpc) is 3.93. The summed E-state index contributed by atoms with van der Waals surface area (Å²) in [4.78, 5) is 9.60. The molecule has 0 atom stereocenters. The number of ether oxygens (including phenoxy) is 1. The van der Waals surface area contributed by atoms with E-state index in [0.717, 1.165) is 33.6 Å². The molecule has 8 aromatic carbocycles. The summed E-state index contributed by atoms with van der Waals surface area (Å²) in [7, 11) is 0. The van der Waals surface area contributed by atoms with Crippen molar-refractivity contribution in [3.63, 3.8) is 0 Å². The predicted molar refractivity (Wildman–Crippen MR) is 271 cm³/mol. The molecule has 0 aliphatic carbocycles. The Bertz CT molecular complexity index is 3870. The van der Waals surface area contributed by atoms with E-state index in [9.17, 15) is 2.74 Å². The maximum absolute atomic E-state index is 9.23. The molecule has 0 N–H and O–H groups in total. The van der Waals surface area contributed by atoms with Gasteiger partial charge >= 0.3 is 332 Å². The minimum atomic E-state index is -2.63. The Labute approximate surface area is 414 Å². The molecule has 0 fully saturated rings. The number of rotatable bonds is 9. The van der Waals surface area contributed by atoms with E-state index in [1.807, 2.05) is 143 Å². The van der Waals surface area contributed by atoms with Crippen LogP contribution >= 0.6 is 0 Å². The van der Waals surface area contributed by atoms with Crippen molar-refractivity contribution in [2.24, 2.45) is 0 Å². The number of fused-ring (bicyclic) bond motifs is 2. The van der Waals surface area contributed by atoms with Crippen LogP contribution < -0.4 is 19.8 Å². The second-order valence-corrected chi connectivity index (χ2v) is 18.3. The molecule has 11 rings (SSSR count). The molecule has 2 aromatic heterocycles. The van der Waals surface area contributed by atoms with Gasteiger partial charge in [0.2, 0.25) is 0 Å². The topological polar surface area (TPSA) is 38.5 Å². The fourth-order valence-corrected chi connectivity index (χ4v) is 9.99. The van der Waals surface area contributed by atoms with E-state index in [0.29, 0.717) is 49.3 Å². The van der Waals surface area contributed by atoms with Crippen molar-refractivity contribution in [2.45, 2.75) is 33.0 Å². The standard InChI is InChI=1S/C59H46BN5O.Pt/c1-42-38-50(43-20-8-5-9-21-43)58(51(39-42)44-34-36-45(37-35-44)59(2,3)4)63-41-62(52-28-14-15-29-53(52)63)48-26-18-27-49(40-48)66-57-33-19-32-56(61-57)65-55-31-17-16-30-54(55)64(47-24-12-7-13-25-47)60(65)46-22-10-6-11-23-46;/h5-30,32-39H,1-4H3;/q-2;/i1D3,5D,8D,9D,20D,21D;. The maximum atomic E-state index is 9.23. The van der Waals surface area contributed by atoms with Gasteiger partial charge in [0.1, 0.15) is 0 Å². The molecule has 1 aliphatic rings. The second-order valence-electron chi connectivity index (χ2n) is 17.2. The van der Waals surface area contributed by atoms with Gasteiger partial charge in [-0.05, 0) is 12.1 Å². The Morgan fingerprint density at radius 2 is 1.36 bits per heavy atom. The van der Waals surface area contributed by atoms with Crippen LogP contribution in [0.25, 0.3) is 44.7 Å². The molecule has 0 bridgehead atoms. The molecule has 0 radical (unpaired) electrons. The first kappa shape index (κ1) is 33.9. The Balaban J connectivity index is 1.06. The first-order chi connectivity index (χ1) is 36.0. The molecule has 67 heavy (non-hydrogen) atoms. The normalized spacial score (nSPS) is 14.4. The molecule has 0 saturated heterocycles. The van der Waals surface area contributed by atoms with Gasteiger partial charge in [0.15, 0.2) is 0 Å². The molecule has 0 amide bonds. The van der Waals surface area contributed by atoms with Crippen LogP contribution in [0.4, 0.5) is 22.9 Å². The van der Waals surface area contributed by atoms with E-state index in [1.165, 1.54) is 6.07 Å². The van der Waals surface area contributed by atoms with Crippen LogP contribution in [0, 0.1) is 22.8 Å². The minimum absolute atomic E-state index is 0.0467. The number of nitrogens with zero attached hydrogens (tertiary/aromatic N) is 5. The summed E-state index contributed by atoms with van der Waals surface area (Å²) in [6.07, 6.45) is 0. The van der Waals surface area contributed by atoms with Crippen LogP contribution in [-0.4, -0.2) is 21.1 Å². The summed E-state index contributed by atoms with van der Waals surface area (Å²) in [6.45, 7) is 3.42. The third kappa shape index (κ3) is 7.83. The number of para-hydroxylation sites is 4. The molecule has 1 aliphatic heterocycles. The fraction of sp³-hybridized carbons (Fsp3) is 0.0847. The zero-order chi connectivity index (χ0) is 52.5. The molecular formula is C59H46BN5OPt-2. The number of imidazole rings is 1. The Kier molecular flexibility index (Phi) is 8.81. The summed E-state index contributed by atoms with van der Waals surface area (Å²) < 4.78 is 81.6. The number of aromatic nitrogens is 3. The van der Waals surface area contributed by atoms with E-state index >= 15 is 0 Å². The first-order valence-corrected chi connectivity index (χ1v) is 23.0. The van der Waals surface area contributed by atoms with Gasteiger partial charge in [-0.15, -0.1) is 6.07 Å². The van der Waals surface area contributed by atoms with Gasteiger partial charge in [-0.3, -0.25) is 0 Å². The van der Waals surface area contributed by atoms with E-state index in [1.54, 1.807) is 6.07 Å². The summed E-state index contributed by atoms with van der Waals surface area (Å²) >= 11 is 2.23. The Morgan fingerprint density at radius 1 is 0.672 bits per heavy atom. The molecule has 328 valence electrons. The zero-order valence-corrected chi connectivity index (χ0v) is 39.1. The van der Waals surface area contributed by atoms with Crippen molar-refractivity contribution < 1.29 is 35.1 Å². The average molecular weight is 1050 g/mol. The molecular weight excluding hydrogens is 1000 g/mol. The van der Waals surface area contributed by atoms with Gasteiger partial charge in [-0.1, -0.05) is 48.5 Å². The van der Waals surface area contributed by atoms with E-state index in [2.05, 4.69) is 92.2 Å². The van der Waals surface area contributed by atoms with Gasteiger partial charge in [-0.2, -0.15) is 12.1 Å². The van der Waals surface area contributed by atoms with Gasteiger partial charge < -0.3 is 0 Å². The van der Waals surface area contributed by atoms with E-state index in [4.69, 9.17) is 17.9 Å². The van der Waals surface area contributed by atoms with Crippen molar-refractivity contribution in [3.8, 4) is 45.3 Å². The summed E-state index contributed by atoms with van der Waals surface area (Å²) in [5.74, 6) is 1.37. The molecule has 0 spiro atoms. The van der Waals surface area contributed by atoms with Crippen LogP contribution in [0.2, 0.25) is 0 Å². The molecule has 6 nitrogen and oxygen atoms in total. The quantitative estimate of drug-likeness (QED) is 0.107. The molecule has 0 unspecified atom stereocenters. The summed E-state index contributed by atoms with van der Waals surface area (Å²) in [6, 6.07) is 61.1. The molecule has 3 heterocycles. The van der Waals surface area contributed by atoms with Crippen LogP contribution in [0.5, 0.6) is 11.6 Å². The van der Waals surface area contributed by atoms with Crippen molar-refractivity contribution in [2.75, 3.05) is 9.62 Å². The number of anilines is 4. The number of pyridine rings is 1. The first-order valence-electron chi connectivity index (χ1n) is 25.9. The van der Waals surface area contributed by atoms with Gasteiger partial charge in [0.05, 0.1) is 0 Å². The van der Waals surface area contributed by atoms with Crippen LogP contribution in [0.3, 0.4) is 0 Å². The summed E-state index contributed by atoms with van der Waals surface area (Å²) in [5.41, 5.74) is 8.44. The monoisotopic (exact) mass is 1050 g/mol. The SMILES string of the molecule is [2H]c1c([2H])c([2H])c(-c2cc(C([2H])([2H])[2H])cc(-c3ccc(C(C)(C)C)cc3)c2-n2[c](=[Pt])n(-c3[c-]c(Oc4cccc(N5B(c6ccccc6)N(c6ccccc6)c6ccc[c-]c65)n4)ccc3)c3ccccc32)c([2H])c1[2H]. The van der Waals surface area contributed by atoms with Crippen LogP contribution in [-0.2, 0) is 24.8 Å². The van der Waals surface area contributed by atoms with Crippen molar-refractivity contribution in [1.29, 1.82) is 0 Å². The number of aryl methyl sites for hydroxylation is 1. The predicted octanol–water partition coefficient (Wildman–Crippen LogP) is 13.9. The van der Waals surface area contributed by atoms with E-state index < -0.39 is 37.1 Å². The van der Waals surface area contributed by atoms with Crippen LogP contribution in [0.15, 0.2) is 206 Å². The van der Waals surface area contributed by atoms with Gasteiger partial charge in [-0.25, -0.2) is 0 Å². The number of hydrogen-bond acceptors (Lipinski definition) is 4. The molecule has 8 heteroatoms. The van der Waals surface area contributed by atoms with Gasteiger partial charge in [0.25, 0.3) is 0 Å². The van der Waals surface area contributed by atoms with Crippen molar-refractivity contribution >= 4 is 46.4 Å². The number of benzene rings is 8. The summed E-state index contributed by atoms with van der Waals surface area (Å²) in [5, 5.41) is 0. The fourth-order valence-electron chi connectivity index (χ4n) is 8.92. The van der Waals surface area contributed by atoms with E-state index in [-0.39, 0.29) is 29.1 Å². The Morgan fingerprint density at radius 3 is 2.09 bits per heavy atom. The second kappa shape index (κ2) is 17.4. The number of hydrogen-bond donors (Lipinski definition) is 0.